The highest BCUT2D eigenvalue weighted by molar-refractivity contribution is 5.90. The summed E-state index contributed by atoms with van der Waals surface area (Å²) in [5.41, 5.74) is 0.494. The van der Waals surface area contributed by atoms with Crippen LogP contribution in [0.2, 0.25) is 0 Å². The molecule has 2 rings (SSSR count). The van der Waals surface area contributed by atoms with Crippen LogP contribution in [0.25, 0.3) is 0 Å². The molecule has 2 N–H and O–H groups in total. The van der Waals surface area contributed by atoms with Gasteiger partial charge in [0.1, 0.15) is 17.2 Å². The van der Waals surface area contributed by atoms with Gasteiger partial charge < -0.3 is 25.0 Å². The average molecular weight is 344 g/mol. The van der Waals surface area contributed by atoms with Gasteiger partial charge in [-0.05, 0) is 57.4 Å². The maximum atomic E-state index is 12.1. The summed E-state index contributed by atoms with van der Waals surface area (Å²) in [6, 6.07) is 10.5. The van der Waals surface area contributed by atoms with Gasteiger partial charge in [0.25, 0.3) is 0 Å². The number of anilines is 1. The van der Waals surface area contributed by atoms with Crippen molar-refractivity contribution in [1.29, 1.82) is 0 Å². The predicted octanol–water partition coefficient (Wildman–Crippen LogP) is 2.95. The molecule has 134 valence electrons. The Morgan fingerprint density at radius 1 is 1.20 bits per heavy atom. The van der Waals surface area contributed by atoms with Crippen LogP contribution in [0.15, 0.2) is 42.6 Å². The standard InChI is InChI=1S/C18H24N4O3/c1-13(22(2)3)12-20-18(23)21-16-6-5-11-19-17(16)25-15-9-7-14(24-4)8-10-15/h5-11,13H,12H2,1-4H3,(H2,20,21,23)/t13-/m1/s1. The third-order valence-corrected chi connectivity index (χ3v) is 3.73. The van der Waals surface area contributed by atoms with Crippen molar-refractivity contribution < 1.29 is 14.3 Å². The van der Waals surface area contributed by atoms with Crippen LogP contribution in [0.3, 0.4) is 0 Å². The Kier molecular flexibility index (Phi) is 6.59. The smallest absolute Gasteiger partial charge is 0.319 e. The normalized spacial score (nSPS) is 11.7. The summed E-state index contributed by atoms with van der Waals surface area (Å²) in [6.07, 6.45) is 1.61. The minimum Gasteiger partial charge on any atom is -0.497 e. The van der Waals surface area contributed by atoms with E-state index in [0.717, 1.165) is 5.75 Å². The van der Waals surface area contributed by atoms with Crippen molar-refractivity contribution in [3.05, 3.63) is 42.6 Å². The molecule has 0 spiro atoms. The fraction of sp³-hybridized carbons (Fsp3) is 0.333. The number of hydrogen-bond donors (Lipinski definition) is 2. The molecule has 1 aromatic carbocycles. The third-order valence-electron chi connectivity index (χ3n) is 3.73. The topological polar surface area (TPSA) is 75.7 Å². The van der Waals surface area contributed by atoms with Gasteiger partial charge in [-0.3, -0.25) is 0 Å². The summed E-state index contributed by atoms with van der Waals surface area (Å²) in [7, 11) is 5.53. The van der Waals surface area contributed by atoms with Crippen molar-refractivity contribution in [2.75, 3.05) is 33.1 Å². The number of urea groups is 1. The summed E-state index contributed by atoms with van der Waals surface area (Å²) >= 11 is 0. The second kappa shape index (κ2) is 8.89. The maximum Gasteiger partial charge on any atom is 0.319 e. The molecule has 0 saturated carbocycles. The number of aromatic nitrogens is 1. The molecule has 1 atom stereocenters. The lowest BCUT2D eigenvalue weighted by atomic mass is 10.3. The number of pyridine rings is 1. The van der Waals surface area contributed by atoms with Crippen molar-refractivity contribution in [2.45, 2.75) is 13.0 Å². The van der Waals surface area contributed by atoms with Gasteiger partial charge in [0.05, 0.1) is 7.11 Å². The minimum absolute atomic E-state index is 0.231. The molecular weight excluding hydrogens is 320 g/mol. The first-order chi connectivity index (χ1) is 12.0. The SMILES string of the molecule is COc1ccc(Oc2ncccc2NC(=O)NC[C@@H](C)N(C)C)cc1. The minimum atomic E-state index is -0.304. The van der Waals surface area contributed by atoms with Gasteiger partial charge in [-0.1, -0.05) is 0 Å². The largest absolute Gasteiger partial charge is 0.497 e. The van der Waals surface area contributed by atoms with E-state index in [0.29, 0.717) is 23.9 Å². The number of hydrogen-bond acceptors (Lipinski definition) is 5. The Balaban J connectivity index is 2.00. The molecular formula is C18H24N4O3. The van der Waals surface area contributed by atoms with Crippen LogP contribution in [0.4, 0.5) is 10.5 Å². The molecule has 2 amide bonds. The molecule has 0 aliphatic rings. The lowest BCUT2D eigenvalue weighted by Crippen LogP contribution is -2.40. The van der Waals surface area contributed by atoms with E-state index in [-0.39, 0.29) is 12.1 Å². The Bertz CT molecular complexity index is 689. The van der Waals surface area contributed by atoms with E-state index in [1.165, 1.54) is 0 Å². The Morgan fingerprint density at radius 3 is 2.52 bits per heavy atom. The molecule has 0 aliphatic heterocycles. The number of likely N-dealkylation sites (N-methyl/N-ethyl adjacent to an activating group) is 1. The van der Waals surface area contributed by atoms with E-state index in [2.05, 4.69) is 15.6 Å². The predicted molar refractivity (Wildman–Crippen MR) is 97.5 cm³/mol. The van der Waals surface area contributed by atoms with Crippen molar-refractivity contribution in [3.63, 3.8) is 0 Å². The molecule has 0 radical (unpaired) electrons. The molecule has 0 bridgehead atoms. The number of carbonyl (C=O) groups is 1. The van der Waals surface area contributed by atoms with E-state index in [4.69, 9.17) is 9.47 Å². The van der Waals surface area contributed by atoms with Crippen molar-refractivity contribution in [1.82, 2.24) is 15.2 Å². The summed E-state index contributed by atoms with van der Waals surface area (Å²) in [6.45, 7) is 2.57. The van der Waals surface area contributed by atoms with Crippen LogP contribution in [-0.4, -0.2) is 49.7 Å². The quantitative estimate of drug-likeness (QED) is 0.808. The molecule has 1 aromatic heterocycles. The first-order valence-corrected chi connectivity index (χ1v) is 7.98. The Hall–Kier alpha value is -2.80. The zero-order chi connectivity index (χ0) is 18.2. The number of nitrogens with zero attached hydrogens (tertiary/aromatic N) is 2. The fourth-order valence-corrected chi connectivity index (χ4v) is 1.91. The zero-order valence-electron chi connectivity index (χ0n) is 14.9. The van der Waals surface area contributed by atoms with E-state index < -0.39 is 0 Å². The number of amides is 2. The highest BCUT2D eigenvalue weighted by Crippen LogP contribution is 2.27. The molecule has 0 fully saturated rings. The third kappa shape index (κ3) is 5.65. The fourth-order valence-electron chi connectivity index (χ4n) is 1.91. The van der Waals surface area contributed by atoms with Crippen LogP contribution in [0.1, 0.15) is 6.92 Å². The highest BCUT2D eigenvalue weighted by Gasteiger charge is 2.11. The second-order valence-corrected chi connectivity index (χ2v) is 5.78. The van der Waals surface area contributed by atoms with Gasteiger partial charge in [0, 0.05) is 18.8 Å². The van der Waals surface area contributed by atoms with E-state index in [9.17, 15) is 4.79 Å². The van der Waals surface area contributed by atoms with Gasteiger partial charge in [0.15, 0.2) is 0 Å². The molecule has 0 saturated heterocycles. The number of methoxy groups -OCH3 is 1. The van der Waals surface area contributed by atoms with Crippen molar-refractivity contribution >= 4 is 11.7 Å². The van der Waals surface area contributed by atoms with E-state index in [1.54, 1.807) is 49.7 Å². The number of nitrogens with one attached hydrogen (secondary N) is 2. The second-order valence-electron chi connectivity index (χ2n) is 5.78. The molecule has 0 unspecified atom stereocenters. The van der Waals surface area contributed by atoms with E-state index >= 15 is 0 Å². The Morgan fingerprint density at radius 2 is 1.88 bits per heavy atom. The molecule has 7 heteroatoms. The van der Waals surface area contributed by atoms with Crippen LogP contribution in [0.5, 0.6) is 17.4 Å². The summed E-state index contributed by atoms with van der Waals surface area (Å²) < 4.78 is 10.9. The number of carbonyl (C=O) groups excluding carboxylic acids is 1. The van der Waals surface area contributed by atoms with Crippen LogP contribution >= 0.6 is 0 Å². The first kappa shape index (κ1) is 18.5. The average Bonchev–Trinajstić information content (AvgIpc) is 2.62. The highest BCUT2D eigenvalue weighted by atomic mass is 16.5. The molecule has 0 aliphatic carbocycles. The molecule has 1 heterocycles. The number of benzene rings is 1. The number of rotatable bonds is 7. The summed E-state index contributed by atoms with van der Waals surface area (Å²) in [5.74, 6) is 1.66. The van der Waals surface area contributed by atoms with Crippen LogP contribution in [-0.2, 0) is 0 Å². The van der Waals surface area contributed by atoms with E-state index in [1.807, 2.05) is 25.9 Å². The van der Waals surface area contributed by atoms with Gasteiger partial charge in [-0.15, -0.1) is 0 Å². The van der Waals surface area contributed by atoms with Gasteiger partial charge in [-0.25, -0.2) is 9.78 Å². The van der Waals surface area contributed by atoms with Crippen LogP contribution in [0, 0.1) is 0 Å². The summed E-state index contributed by atoms with van der Waals surface area (Å²) in [4.78, 5) is 18.3. The number of ether oxygens (including phenoxy) is 2. The van der Waals surface area contributed by atoms with Gasteiger partial charge in [-0.2, -0.15) is 0 Å². The van der Waals surface area contributed by atoms with Gasteiger partial charge >= 0.3 is 6.03 Å². The van der Waals surface area contributed by atoms with Crippen molar-refractivity contribution in [2.24, 2.45) is 0 Å². The zero-order valence-corrected chi connectivity index (χ0v) is 14.9. The lowest BCUT2D eigenvalue weighted by Gasteiger charge is -2.20. The first-order valence-electron chi connectivity index (χ1n) is 7.98. The molecule has 25 heavy (non-hydrogen) atoms. The summed E-state index contributed by atoms with van der Waals surface area (Å²) in [5, 5.41) is 5.59. The maximum absolute atomic E-state index is 12.1. The van der Waals surface area contributed by atoms with Crippen molar-refractivity contribution in [3.8, 4) is 17.4 Å². The Labute approximate surface area is 148 Å². The molecule has 7 nitrogen and oxygen atoms in total. The molecule has 2 aromatic rings. The lowest BCUT2D eigenvalue weighted by molar-refractivity contribution is 0.245. The van der Waals surface area contributed by atoms with Gasteiger partial charge in [0.2, 0.25) is 5.88 Å². The monoisotopic (exact) mass is 344 g/mol. The van der Waals surface area contributed by atoms with Crippen LogP contribution < -0.4 is 20.1 Å².